The second kappa shape index (κ2) is 5.89. The Kier molecular flexibility index (Phi) is 3.59. The molecule has 4 rings (SSSR count). The zero-order chi connectivity index (χ0) is 15.6. The first kappa shape index (κ1) is 14.0. The van der Waals surface area contributed by atoms with Crippen LogP contribution in [-0.2, 0) is 9.47 Å². The summed E-state index contributed by atoms with van der Waals surface area (Å²) in [7, 11) is 0. The monoisotopic (exact) mass is 326 g/mol. The van der Waals surface area contributed by atoms with Crippen molar-refractivity contribution in [1.82, 2.24) is 4.98 Å². The minimum atomic E-state index is -0.139. The van der Waals surface area contributed by atoms with Gasteiger partial charge >= 0.3 is 0 Å². The number of nitrogens with one attached hydrogen (secondary N) is 1. The van der Waals surface area contributed by atoms with Crippen LogP contribution in [0.15, 0.2) is 60.2 Å². The Morgan fingerprint density at radius 3 is 3.09 bits per heavy atom. The highest BCUT2D eigenvalue weighted by Crippen LogP contribution is 2.37. The molecule has 0 fully saturated rings. The van der Waals surface area contributed by atoms with Crippen molar-refractivity contribution < 1.29 is 14.3 Å². The molecule has 0 aromatic carbocycles. The SMILES string of the molecule is O=C(Nc1ccccn1)c1ccc(C2C=CC3=C(C2)OCO3)s1. The van der Waals surface area contributed by atoms with Gasteiger partial charge < -0.3 is 14.8 Å². The van der Waals surface area contributed by atoms with Gasteiger partial charge in [-0.15, -0.1) is 11.3 Å². The van der Waals surface area contributed by atoms with E-state index in [9.17, 15) is 4.79 Å². The summed E-state index contributed by atoms with van der Waals surface area (Å²) < 4.78 is 10.8. The quantitative estimate of drug-likeness (QED) is 0.935. The van der Waals surface area contributed by atoms with Gasteiger partial charge in [0.25, 0.3) is 5.91 Å². The zero-order valence-corrected chi connectivity index (χ0v) is 13.0. The number of amides is 1. The van der Waals surface area contributed by atoms with Crippen LogP contribution in [0.4, 0.5) is 5.82 Å². The summed E-state index contributed by atoms with van der Waals surface area (Å²) in [4.78, 5) is 18.2. The highest BCUT2D eigenvalue weighted by molar-refractivity contribution is 7.14. The summed E-state index contributed by atoms with van der Waals surface area (Å²) in [5.41, 5.74) is 0. The van der Waals surface area contributed by atoms with E-state index in [2.05, 4.69) is 16.4 Å². The fraction of sp³-hybridized carbons (Fsp3) is 0.176. The third kappa shape index (κ3) is 2.85. The second-order valence-electron chi connectivity index (χ2n) is 5.23. The van der Waals surface area contributed by atoms with E-state index in [1.54, 1.807) is 12.3 Å². The molecule has 0 saturated carbocycles. The average Bonchev–Trinajstić information content (AvgIpc) is 3.24. The molecule has 3 heterocycles. The van der Waals surface area contributed by atoms with Crippen LogP contribution >= 0.6 is 11.3 Å². The van der Waals surface area contributed by atoms with E-state index in [4.69, 9.17) is 9.47 Å². The lowest BCUT2D eigenvalue weighted by Crippen LogP contribution is -2.10. The van der Waals surface area contributed by atoms with Gasteiger partial charge in [0.2, 0.25) is 6.79 Å². The molecule has 0 saturated heterocycles. The van der Waals surface area contributed by atoms with Crippen molar-refractivity contribution in [3.05, 3.63) is 70.0 Å². The number of hydrogen-bond acceptors (Lipinski definition) is 5. The van der Waals surface area contributed by atoms with E-state index in [-0.39, 0.29) is 11.8 Å². The van der Waals surface area contributed by atoms with Crippen LogP contribution in [0.2, 0.25) is 0 Å². The largest absolute Gasteiger partial charge is 0.458 e. The lowest BCUT2D eigenvalue weighted by molar-refractivity contribution is 0.0725. The number of allylic oxidation sites excluding steroid dienone is 3. The van der Waals surface area contributed by atoms with Gasteiger partial charge in [-0.05, 0) is 30.3 Å². The summed E-state index contributed by atoms with van der Waals surface area (Å²) in [5, 5.41) is 2.80. The van der Waals surface area contributed by atoms with Crippen LogP contribution < -0.4 is 5.32 Å². The van der Waals surface area contributed by atoms with Crippen molar-refractivity contribution in [2.75, 3.05) is 12.1 Å². The summed E-state index contributed by atoms with van der Waals surface area (Å²) in [6.07, 6.45) is 6.47. The molecule has 116 valence electrons. The first-order valence-electron chi connectivity index (χ1n) is 7.28. The number of aromatic nitrogens is 1. The molecular formula is C17H14N2O3S. The molecule has 2 aromatic rings. The maximum Gasteiger partial charge on any atom is 0.266 e. The fourth-order valence-electron chi connectivity index (χ4n) is 2.57. The fourth-order valence-corrected chi connectivity index (χ4v) is 3.55. The Hall–Kier alpha value is -2.60. The Morgan fingerprint density at radius 1 is 1.26 bits per heavy atom. The zero-order valence-electron chi connectivity index (χ0n) is 12.2. The summed E-state index contributed by atoms with van der Waals surface area (Å²) in [6.45, 7) is 0.296. The number of nitrogens with zero attached hydrogens (tertiary/aromatic N) is 1. The predicted molar refractivity (Wildman–Crippen MR) is 87.1 cm³/mol. The molecular weight excluding hydrogens is 312 g/mol. The van der Waals surface area contributed by atoms with Gasteiger partial charge in [0, 0.05) is 23.4 Å². The standard InChI is InChI=1S/C17H14N2O3S/c20-17(19-16-3-1-2-8-18-16)15-7-6-14(23-15)11-4-5-12-13(9-11)22-10-21-12/h1-8,11H,9-10H2,(H,18,19,20). The minimum Gasteiger partial charge on any atom is -0.458 e. The van der Waals surface area contributed by atoms with Crippen LogP contribution in [0.25, 0.3) is 0 Å². The normalized spacial score (nSPS) is 19.0. The molecule has 1 unspecified atom stereocenters. The van der Waals surface area contributed by atoms with Gasteiger partial charge in [-0.2, -0.15) is 0 Å². The van der Waals surface area contributed by atoms with Crippen LogP contribution in [0.3, 0.4) is 0 Å². The topological polar surface area (TPSA) is 60.5 Å². The first-order valence-corrected chi connectivity index (χ1v) is 8.10. The van der Waals surface area contributed by atoms with Crippen LogP contribution in [0.5, 0.6) is 0 Å². The predicted octanol–water partition coefficient (Wildman–Crippen LogP) is 3.65. The molecule has 23 heavy (non-hydrogen) atoms. The van der Waals surface area contributed by atoms with Crippen LogP contribution in [0, 0.1) is 0 Å². The van der Waals surface area contributed by atoms with Gasteiger partial charge in [-0.1, -0.05) is 12.1 Å². The second-order valence-corrected chi connectivity index (χ2v) is 6.35. The molecule has 1 atom stereocenters. The average molecular weight is 326 g/mol. The number of rotatable bonds is 3. The number of carbonyl (C=O) groups excluding carboxylic acids is 1. The summed E-state index contributed by atoms with van der Waals surface area (Å²) >= 11 is 1.49. The van der Waals surface area contributed by atoms with Crippen molar-refractivity contribution in [3.63, 3.8) is 0 Å². The first-order chi connectivity index (χ1) is 11.3. The Balaban J connectivity index is 1.47. The van der Waals surface area contributed by atoms with Crippen LogP contribution in [-0.4, -0.2) is 17.7 Å². The molecule has 2 aromatic heterocycles. The number of ether oxygens (including phenoxy) is 2. The van der Waals surface area contributed by atoms with Crippen molar-refractivity contribution in [3.8, 4) is 0 Å². The lowest BCUT2D eigenvalue weighted by atomic mass is 9.97. The van der Waals surface area contributed by atoms with Crippen molar-refractivity contribution in [2.45, 2.75) is 12.3 Å². The van der Waals surface area contributed by atoms with E-state index >= 15 is 0 Å². The summed E-state index contributed by atoms with van der Waals surface area (Å²) in [6, 6.07) is 9.26. The Labute approximate surface area is 137 Å². The Bertz CT molecular complexity index is 795. The number of pyridine rings is 1. The molecule has 0 radical (unpaired) electrons. The van der Waals surface area contributed by atoms with Gasteiger partial charge in [-0.3, -0.25) is 4.79 Å². The molecule has 0 bridgehead atoms. The van der Waals surface area contributed by atoms with Gasteiger partial charge in [0.1, 0.15) is 11.6 Å². The van der Waals surface area contributed by atoms with Gasteiger partial charge in [0.05, 0.1) is 4.88 Å². The number of thiophene rings is 1. The molecule has 5 nitrogen and oxygen atoms in total. The van der Waals surface area contributed by atoms with Crippen molar-refractivity contribution in [1.29, 1.82) is 0 Å². The van der Waals surface area contributed by atoms with E-state index in [0.717, 1.165) is 22.8 Å². The minimum absolute atomic E-state index is 0.139. The molecule has 1 N–H and O–H groups in total. The number of hydrogen-bond donors (Lipinski definition) is 1. The van der Waals surface area contributed by atoms with Crippen molar-refractivity contribution in [2.24, 2.45) is 0 Å². The van der Waals surface area contributed by atoms with E-state index in [1.807, 2.05) is 30.3 Å². The third-order valence-corrected chi connectivity index (χ3v) is 4.95. The third-order valence-electron chi connectivity index (χ3n) is 3.73. The van der Waals surface area contributed by atoms with E-state index in [1.165, 1.54) is 11.3 Å². The molecule has 1 aliphatic heterocycles. The smallest absolute Gasteiger partial charge is 0.266 e. The van der Waals surface area contributed by atoms with E-state index in [0.29, 0.717) is 17.5 Å². The summed E-state index contributed by atoms with van der Waals surface area (Å²) in [5.74, 6) is 2.35. The van der Waals surface area contributed by atoms with Gasteiger partial charge in [-0.25, -0.2) is 4.98 Å². The van der Waals surface area contributed by atoms with Crippen LogP contribution in [0.1, 0.15) is 26.9 Å². The van der Waals surface area contributed by atoms with Crippen molar-refractivity contribution >= 4 is 23.1 Å². The highest BCUT2D eigenvalue weighted by atomic mass is 32.1. The maximum absolute atomic E-state index is 12.3. The molecule has 6 heteroatoms. The molecule has 1 aliphatic carbocycles. The van der Waals surface area contributed by atoms with Gasteiger partial charge in [0.15, 0.2) is 5.76 Å². The Morgan fingerprint density at radius 2 is 2.22 bits per heavy atom. The molecule has 1 amide bonds. The highest BCUT2D eigenvalue weighted by Gasteiger charge is 2.25. The number of carbonyl (C=O) groups is 1. The molecule has 2 aliphatic rings. The number of anilines is 1. The van der Waals surface area contributed by atoms with E-state index < -0.39 is 0 Å². The maximum atomic E-state index is 12.3. The molecule has 0 spiro atoms. The lowest BCUT2D eigenvalue weighted by Gasteiger charge is -2.14.